The van der Waals surface area contributed by atoms with E-state index in [1.54, 1.807) is 0 Å². The maximum Gasteiger partial charge on any atom is 0.226 e. The molecule has 152 valence electrons. The average molecular weight is 425 g/mol. The third-order valence-electron chi connectivity index (χ3n) is 4.40. The summed E-state index contributed by atoms with van der Waals surface area (Å²) in [6, 6.07) is 13.1. The summed E-state index contributed by atoms with van der Waals surface area (Å²) in [5.74, 6) is -1.14. The molecule has 2 aromatic carbocycles. The van der Waals surface area contributed by atoms with E-state index in [9.17, 15) is 13.6 Å². The molecule has 0 aliphatic heterocycles. The molecule has 1 N–H and O–H groups in total. The predicted molar refractivity (Wildman–Crippen MR) is 111 cm³/mol. The molecule has 1 amide bonds. The van der Waals surface area contributed by atoms with Crippen LogP contribution in [0, 0.1) is 18.6 Å². The maximum absolute atomic E-state index is 13.9. The minimum Gasteiger partial charge on any atom is -0.441 e. The standard InChI is InChI=1S/C22H17F2N3O2S/c1-13-21(14-5-3-2-4-6-14)30-22(26-13)27-19(28)9-10-20-25-12-18(29-20)16-8-7-15(23)11-17(16)24/h2-8,11-12H,9-10H2,1H3,(H,26,27,28). The Morgan fingerprint density at radius 3 is 2.73 bits per heavy atom. The zero-order chi connectivity index (χ0) is 21.1. The Morgan fingerprint density at radius 1 is 1.17 bits per heavy atom. The van der Waals surface area contributed by atoms with Crippen LogP contribution in [0.25, 0.3) is 21.8 Å². The molecule has 0 saturated carbocycles. The molecule has 4 aromatic rings. The lowest BCUT2D eigenvalue weighted by atomic mass is 10.2. The highest BCUT2D eigenvalue weighted by atomic mass is 32.1. The fourth-order valence-corrected chi connectivity index (χ4v) is 3.94. The summed E-state index contributed by atoms with van der Waals surface area (Å²) in [6.07, 6.45) is 1.73. The number of aromatic nitrogens is 2. The van der Waals surface area contributed by atoms with Crippen LogP contribution in [0.3, 0.4) is 0 Å². The zero-order valence-corrected chi connectivity index (χ0v) is 16.8. The van der Waals surface area contributed by atoms with Gasteiger partial charge in [0.05, 0.1) is 22.3 Å². The number of hydrogen-bond donors (Lipinski definition) is 1. The van der Waals surface area contributed by atoms with Gasteiger partial charge in [-0.15, -0.1) is 0 Å². The number of anilines is 1. The van der Waals surface area contributed by atoms with E-state index < -0.39 is 11.6 Å². The molecule has 0 aliphatic rings. The Morgan fingerprint density at radius 2 is 1.97 bits per heavy atom. The van der Waals surface area contributed by atoms with E-state index in [1.165, 1.54) is 23.6 Å². The van der Waals surface area contributed by atoms with Gasteiger partial charge in [0.15, 0.2) is 16.8 Å². The largest absolute Gasteiger partial charge is 0.441 e. The molecular weight excluding hydrogens is 408 g/mol. The van der Waals surface area contributed by atoms with Gasteiger partial charge < -0.3 is 9.73 Å². The number of carbonyl (C=O) groups excluding carboxylic acids is 1. The lowest BCUT2D eigenvalue weighted by Gasteiger charge is -2.00. The molecule has 0 bridgehead atoms. The first-order valence-corrected chi connectivity index (χ1v) is 10.0. The molecule has 5 nitrogen and oxygen atoms in total. The number of nitrogens with one attached hydrogen (secondary N) is 1. The first-order valence-electron chi connectivity index (χ1n) is 9.22. The number of nitrogens with zero attached hydrogens (tertiary/aromatic N) is 2. The van der Waals surface area contributed by atoms with Crippen molar-refractivity contribution in [1.82, 2.24) is 9.97 Å². The van der Waals surface area contributed by atoms with Crippen LogP contribution in [0.1, 0.15) is 18.0 Å². The molecule has 30 heavy (non-hydrogen) atoms. The van der Waals surface area contributed by atoms with Gasteiger partial charge in [0.25, 0.3) is 0 Å². The Hall–Kier alpha value is -3.39. The van der Waals surface area contributed by atoms with Crippen LogP contribution in [-0.2, 0) is 11.2 Å². The Kier molecular flexibility index (Phi) is 5.67. The smallest absolute Gasteiger partial charge is 0.226 e. The number of benzene rings is 2. The van der Waals surface area contributed by atoms with Gasteiger partial charge in [-0.3, -0.25) is 4.79 Å². The summed E-state index contributed by atoms with van der Waals surface area (Å²) in [6.45, 7) is 1.90. The third kappa shape index (κ3) is 4.44. The van der Waals surface area contributed by atoms with Gasteiger partial charge in [0.1, 0.15) is 11.6 Å². The van der Waals surface area contributed by atoms with Crippen molar-refractivity contribution >= 4 is 22.4 Å². The average Bonchev–Trinajstić information content (AvgIpc) is 3.33. The quantitative estimate of drug-likeness (QED) is 0.435. The van der Waals surface area contributed by atoms with Crippen LogP contribution in [0.2, 0.25) is 0 Å². The SMILES string of the molecule is Cc1nc(NC(=O)CCc2ncc(-c3ccc(F)cc3F)o2)sc1-c1ccccc1. The Balaban J connectivity index is 1.37. The summed E-state index contributed by atoms with van der Waals surface area (Å²) in [7, 11) is 0. The number of aryl methyl sites for hydroxylation is 2. The van der Waals surface area contributed by atoms with Crippen LogP contribution >= 0.6 is 11.3 Å². The van der Waals surface area contributed by atoms with E-state index in [2.05, 4.69) is 15.3 Å². The highest BCUT2D eigenvalue weighted by Crippen LogP contribution is 2.32. The number of amides is 1. The molecule has 8 heteroatoms. The number of halogens is 2. The van der Waals surface area contributed by atoms with Gasteiger partial charge in [-0.2, -0.15) is 0 Å². The molecule has 2 heterocycles. The van der Waals surface area contributed by atoms with E-state index in [-0.39, 0.29) is 30.1 Å². The van der Waals surface area contributed by atoms with E-state index in [0.29, 0.717) is 11.0 Å². The lowest BCUT2D eigenvalue weighted by Crippen LogP contribution is -2.12. The molecule has 0 atom stereocenters. The second-order valence-electron chi connectivity index (χ2n) is 6.59. The predicted octanol–water partition coefficient (Wildman–Crippen LogP) is 5.62. The van der Waals surface area contributed by atoms with Gasteiger partial charge in [0, 0.05) is 18.9 Å². The van der Waals surface area contributed by atoms with Crippen molar-refractivity contribution in [3.63, 3.8) is 0 Å². The van der Waals surface area contributed by atoms with Crippen molar-refractivity contribution < 1.29 is 18.0 Å². The fraction of sp³-hybridized carbons (Fsp3) is 0.136. The molecule has 0 saturated heterocycles. The summed E-state index contributed by atoms with van der Waals surface area (Å²) in [5, 5.41) is 3.32. The molecule has 4 rings (SSSR count). The topological polar surface area (TPSA) is 68.0 Å². The second-order valence-corrected chi connectivity index (χ2v) is 7.59. The van der Waals surface area contributed by atoms with Crippen molar-refractivity contribution in [2.45, 2.75) is 19.8 Å². The summed E-state index contributed by atoms with van der Waals surface area (Å²) >= 11 is 1.41. The van der Waals surface area contributed by atoms with E-state index >= 15 is 0 Å². The molecular formula is C22H17F2N3O2S. The third-order valence-corrected chi connectivity index (χ3v) is 5.52. The normalized spacial score (nSPS) is 10.9. The minimum absolute atomic E-state index is 0.117. The molecule has 0 fully saturated rings. The number of hydrogen-bond acceptors (Lipinski definition) is 5. The van der Waals surface area contributed by atoms with Crippen molar-refractivity contribution in [3.05, 3.63) is 77.9 Å². The van der Waals surface area contributed by atoms with Crippen LogP contribution in [0.5, 0.6) is 0 Å². The Bertz CT molecular complexity index is 1190. The Labute approximate surface area is 175 Å². The van der Waals surface area contributed by atoms with Gasteiger partial charge >= 0.3 is 0 Å². The molecule has 2 aromatic heterocycles. The summed E-state index contributed by atoms with van der Waals surface area (Å²) in [5.41, 5.74) is 2.01. The fourth-order valence-electron chi connectivity index (χ4n) is 2.95. The van der Waals surface area contributed by atoms with Crippen molar-refractivity contribution in [2.24, 2.45) is 0 Å². The van der Waals surface area contributed by atoms with E-state index in [1.807, 2.05) is 37.3 Å². The first-order chi connectivity index (χ1) is 14.5. The molecule has 0 spiro atoms. The maximum atomic E-state index is 13.9. The van der Waals surface area contributed by atoms with Crippen LogP contribution in [0.15, 0.2) is 59.1 Å². The number of rotatable bonds is 6. The highest BCUT2D eigenvalue weighted by molar-refractivity contribution is 7.19. The van der Waals surface area contributed by atoms with Crippen molar-refractivity contribution in [3.8, 4) is 21.8 Å². The second kappa shape index (κ2) is 8.54. The minimum atomic E-state index is -0.733. The van der Waals surface area contributed by atoms with Crippen LogP contribution in [-0.4, -0.2) is 15.9 Å². The van der Waals surface area contributed by atoms with Gasteiger partial charge in [0.2, 0.25) is 5.91 Å². The summed E-state index contributed by atoms with van der Waals surface area (Å²) in [4.78, 5) is 21.8. The molecule has 0 unspecified atom stereocenters. The van der Waals surface area contributed by atoms with Gasteiger partial charge in [-0.25, -0.2) is 18.7 Å². The van der Waals surface area contributed by atoms with E-state index in [0.717, 1.165) is 28.3 Å². The zero-order valence-electron chi connectivity index (χ0n) is 16.0. The number of oxazole rings is 1. The number of carbonyl (C=O) groups is 1. The lowest BCUT2D eigenvalue weighted by molar-refractivity contribution is -0.116. The van der Waals surface area contributed by atoms with Gasteiger partial charge in [-0.05, 0) is 24.6 Å². The number of thiazole rings is 1. The van der Waals surface area contributed by atoms with Gasteiger partial charge in [-0.1, -0.05) is 41.7 Å². The van der Waals surface area contributed by atoms with Crippen molar-refractivity contribution in [1.29, 1.82) is 0 Å². The molecule has 0 radical (unpaired) electrons. The first kappa shape index (κ1) is 19.9. The van der Waals surface area contributed by atoms with Crippen LogP contribution < -0.4 is 5.32 Å². The summed E-state index contributed by atoms with van der Waals surface area (Å²) < 4.78 is 32.4. The van der Waals surface area contributed by atoms with Crippen LogP contribution in [0.4, 0.5) is 13.9 Å². The highest BCUT2D eigenvalue weighted by Gasteiger charge is 2.15. The molecule has 0 aliphatic carbocycles. The monoisotopic (exact) mass is 425 g/mol. The van der Waals surface area contributed by atoms with Crippen molar-refractivity contribution in [2.75, 3.05) is 5.32 Å². The van der Waals surface area contributed by atoms with E-state index in [4.69, 9.17) is 4.42 Å².